The molecule has 102 valence electrons. The van der Waals surface area contributed by atoms with Gasteiger partial charge in [0.25, 0.3) is 0 Å². The lowest BCUT2D eigenvalue weighted by Gasteiger charge is -2.12. The molecule has 0 amide bonds. The molecule has 0 bridgehead atoms. The lowest BCUT2D eigenvalue weighted by atomic mass is 10.3. The average Bonchev–Trinajstić information content (AvgIpc) is 2.86. The van der Waals surface area contributed by atoms with E-state index in [1.807, 2.05) is 0 Å². The van der Waals surface area contributed by atoms with Crippen molar-refractivity contribution in [2.45, 2.75) is 13.2 Å². The standard InChI is InChI=1S/C11H18N2O5/c1-3-15-11(14)8(6-13-2)10(12)18-7-9-16-4-5-17-9/h6,9H,3-5,7,12H2,1-2H3/b10-8-,13-6?. The first-order valence-electron chi connectivity index (χ1n) is 5.64. The monoisotopic (exact) mass is 258 g/mol. The molecule has 0 atom stereocenters. The minimum Gasteiger partial charge on any atom is -0.473 e. The number of ether oxygens (including phenoxy) is 4. The molecular formula is C11H18N2O5. The van der Waals surface area contributed by atoms with Gasteiger partial charge in [-0.15, -0.1) is 0 Å². The second-order valence-corrected chi connectivity index (χ2v) is 3.37. The number of nitrogens with two attached hydrogens (primary N) is 1. The Morgan fingerprint density at radius 2 is 2.11 bits per heavy atom. The normalized spacial score (nSPS) is 17.9. The summed E-state index contributed by atoms with van der Waals surface area (Å²) in [6, 6.07) is 0. The summed E-state index contributed by atoms with van der Waals surface area (Å²) in [5.74, 6) is -0.632. The summed E-state index contributed by atoms with van der Waals surface area (Å²) in [5.41, 5.74) is 5.75. The van der Waals surface area contributed by atoms with Crippen LogP contribution in [0.1, 0.15) is 6.92 Å². The minimum atomic E-state index is -0.575. The molecule has 0 saturated carbocycles. The lowest BCUT2D eigenvalue weighted by Crippen LogP contribution is -2.22. The number of hydrogen-bond donors (Lipinski definition) is 1. The molecule has 1 saturated heterocycles. The summed E-state index contributed by atoms with van der Waals surface area (Å²) in [7, 11) is 1.52. The van der Waals surface area contributed by atoms with Crippen LogP contribution in [0.25, 0.3) is 0 Å². The van der Waals surface area contributed by atoms with Crippen LogP contribution in [0.15, 0.2) is 16.4 Å². The fraction of sp³-hybridized carbons (Fsp3) is 0.636. The second kappa shape index (κ2) is 7.67. The van der Waals surface area contributed by atoms with Crippen LogP contribution >= 0.6 is 0 Å². The molecular weight excluding hydrogens is 240 g/mol. The van der Waals surface area contributed by atoms with Gasteiger partial charge in [-0.05, 0) is 6.92 Å². The number of hydrogen-bond acceptors (Lipinski definition) is 7. The molecule has 0 aromatic carbocycles. The van der Waals surface area contributed by atoms with Crippen LogP contribution in [0.5, 0.6) is 0 Å². The van der Waals surface area contributed by atoms with Crippen molar-refractivity contribution >= 4 is 12.2 Å². The molecule has 7 heteroatoms. The van der Waals surface area contributed by atoms with Gasteiger partial charge in [-0.3, -0.25) is 4.99 Å². The summed E-state index contributed by atoms with van der Waals surface area (Å²) in [5, 5.41) is 0. The third kappa shape index (κ3) is 4.34. The van der Waals surface area contributed by atoms with Gasteiger partial charge in [0, 0.05) is 13.3 Å². The molecule has 1 aliphatic heterocycles. The summed E-state index contributed by atoms with van der Waals surface area (Å²) in [6.07, 6.45) is 0.842. The third-order valence-corrected chi connectivity index (χ3v) is 2.08. The van der Waals surface area contributed by atoms with Gasteiger partial charge in [0.15, 0.2) is 6.29 Å². The highest BCUT2D eigenvalue weighted by Crippen LogP contribution is 2.07. The molecule has 0 aromatic heterocycles. The van der Waals surface area contributed by atoms with Gasteiger partial charge in [0.2, 0.25) is 5.88 Å². The molecule has 0 aromatic rings. The molecule has 0 unspecified atom stereocenters. The van der Waals surface area contributed by atoms with Gasteiger partial charge in [0.1, 0.15) is 12.2 Å². The molecule has 2 N–H and O–H groups in total. The summed E-state index contributed by atoms with van der Waals surface area (Å²) in [4.78, 5) is 15.3. The van der Waals surface area contributed by atoms with Gasteiger partial charge in [-0.1, -0.05) is 0 Å². The molecule has 0 aliphatic carbocycles. The second-order valence-electron chi connectivity index (χ2n) is 3.37. The van der Waals surface area contributed by atoms with E-state index < -0.39 is 12.3 Å². The van der Waals surface area contributed by atoms with E-state index in [1.54, 1.807) is 6.92 Å². The SMILES string of the molecule is CCOC(=O)/C(C=NC)=C(/N)OCC1OCCO1. The van der Waals surface area contributed by atoms with E-state index in [1.165, 1.54) is 13.3 Å². The largest absolute Gasteiger partial charge is 0.473 e. The highest BCUT2D eigenvalue weighted by atomic mass is 16.7. The Hall–Kier alpha value is -1.60. The van der Waals surface area contributed by atoms with Crippen molar-refractivity contribution in [1.82, 2.24) is 0 Å². The first-order chi connectivity index (χ1) is 8.69. The van der Waals surface area contributed by atoms with Crippen LogP contribution in [0, 0.1) is 0 Å². The Bertz CT molecular complexity index is 334. The quantitative estimate of drug-likeness (QED) is 0.307. The number of esters is 1. The van der Waals surface area contributed by atoms with Crippen molar-refractivity contribution in [3.05, 3.63) is 11.5 Å². The maximum Gasteiger partial charge on any atom is 0.345 e. The van der Waals surface area contributed by atoms with Crippen LogP contribution in [-0.4, -0.2) is 51.9 Å². The molecule has 18 heavy (non-hydrogen) atoms. The van der Waals surface area contributed by atoms with E-state index in [0.717, 1.165) is 0 Å². The first kappa shape index (κ1) is 14.5. The van der Waals surface area contributed by atoms with E-state index in [2.05, 4.69) is 4.99 Å². The lowest BCUT2D eigenvalue weighted by molar-refractivity contribution is -0.138. The van der Waals surface area contributed by atoms with Crippen LogP contribution in [0.4, 0.5) is 0 Å². The van der Waals surface area contributed by atoms with Crippen molar-refractivity contribution in [3.63, 3.8) is 0 Å². The van der Waals surface area contributed by atoms with Crippen molar-refractivity contribution in [1.29, 1.82) is 0 Å². The average molecular weight is 258 g/mol. The third-order valence-electron chi connectivity index (χ3n) is 2.08. The number of nitrogens with zero attached hydrogens (tertiary/aromatic N) is 1. The number of carbonyl (C=O) groups excluding carboxylic acids is 1. The van der Waals surface area contributed by atoms with E-state index in [9.17, 15) is 4.79 Å². The Balaban J connectivity index is 2.60. The van der Waals surface area contributed by atoms with Crippen LogP contribution in [0.3, 0.4) is 0 Å². The van der Waals surface area contributed by atoms with E-state index in [-0.39, 0.29) is 24.7 Å². The van der Waals surface area contributed by atoms with Gasteiger partial charge in [-0.2, -0.15) is 0 Å². The zero-order valence-electron chi connectivity index (χ0n) is 10.5. The van der Waals surface area contributed by atoms with E-state index in [0.29, 0.717) is 13.2 Å². The number of carbonyl (C=O) groups is 1. The Kier molecular flexibility index (Phi) is 6.16. The van der Waals surface area contributed by atoms with E-state index in [4.69, 9.17) is 24.7 Å². The van der Waals surface area contributed by atoms with Gasteiger partial charge in [-0.25, -0.2) is 4.79 Å². The zero-order chi connectivity index (χ0) is 13.4. The topological polar surface area (TPSA) is 92.4 Å². The number of aliphatic imine (C=N–C) groups is 1. The maximum atomic E-state index is 11.6. The van der Waals surface area contributed by atoms with E-state index >= 15 is 0 Å². The zero-order valence-corrected chi connectivity index (χ0v) is 10.5. The molecule has 1 aliphatic rings. The minimum absolute atomic E-state index is 0.0573. The molecule has 1 heterocycles. The van der Waals surface area contributed by atoms with Crippen LogP contribution in [-0.2, 0) is 23.7 Å². The summed E-state index contributed by atoms with van der Waals surface area (Å²) in [6.45, 7) is 3.13. The molecule has 0 spiro atoms. The van der Waals surface area contributed by atoms with Crippen LogP contribution < -0.4 is 5.73 Å². The summed E-state index contributed by atoms with van der Waals surface area (Å²) >= 11 is 0. The Morgan fingerprint density at radius 3 is 2.67 bits per heavy atom. The van der Waals surface area contributed by atoms with Gasteiger partial charge < -0.3 is 24.7 Å². The van der Waals surface area contributed by atoms with Crippen molar-refractivity contribution < 1.29 is 23.7 Å². The van der Waals surface area contributed by atoms with Crippen molar-refractivity contribution in [2.75, 3.05) is 33.5 Å². The molecule has 1 fully saturated rings. The van der Waals surface area contributed by atoms with Gasteiger partial charge in [0.05, 0.1) is 19.8 Å². The Morgan fingerprint density at radius 1 is 1.44 bits per heavy atom. The fourth-order valence-corrected chi connectivity index (χ4v) is 1.29. The highest BCUT2D eigenvalue weighted by Gasteiger charge is 2.19. The molecule has 7 nitrogen and oxygen atoms in total. The first-order valence-corrected chi connectivity index (χ1v) is 5.64. The number of rotatable bonds is 6. The highest BCUT2D eigenvalue weighted by molar-refractivity contribution is 6.09. The predicted octanol–water partition coefficient (Wildman–Crippen LogP) is -0.190. The maximum absolute atomic E-state index is 11.6. The van der Waals surface area contributed by atoms with Gasteiger partial charge >= 0.3 is 5.97 Å². The van der Waals surface area contributed by atoms with Crippen molar-refractivity contribution in [2.24, 2.45) is 10.7 Å². The molecule has 0 radical (unpaired) electrons. The van der Waals surface area contributed by atoms with Crippen molar-refractivity contribution in [3.8, 4) is 0 Å². The molecule has 1 rings (SSSR count). The Labute approximate surface area is 106 Å². The summed E-state index contributed by atoms with van der Waals surface area (Å²) < 4.78 is 20.4. The fourth-order valence-electron chi connectivity index (χ4n) is 1.29. The smallest absolute Gasteiger partial charge is 0.345 e. The van der Waals surface area contributed by atoms with Crippen LogP contribution in [0.2, 0.25) is 0 Å². The predicted molar refractivity (Wildman–Crippen MR) is 63.9 cm³/mol.